The normalized spacial score (nSPS) is 17.0. The molecule has 0 spiro atoms. The SMILES string of the molecule is C[C@@H](NCc1noc(C(C)(C)C)n1)c1ccc(-c2ccnc3[nH]nc(N[C@@H]4CCN(C=O)C4)c23)cc1. The number of benzene rings is 1. The maximum atomic E-state index is 11.1. The molecule has 1 saturated heterocycles. The van der Waals surface area contributed by atoms with Crippen LogP contribution in [0.3, 0.4) is 0 Å². The fraction of sp³-hybridized carbons (Fsp3) is 0.423. The number of rotatable bonds is 8. The highest BCUT2D eigenvalue weighted by Crippen LogP contribution is 2.33. The summed E-state index contributed by atoms with van der Waals surface area (Å²) in [6.45, 7) is 10.2. The van der Waals surface area contributed by atoms with Crippen molar-refractivity contribution in [3.63, 3.8) is 0 Å². The van der Waals surface area contributed by atoms with Crippen molar-refractivity contribution in [2.24, 2.45) is 0 Å². The van der Waals surface area contributed by atoms with E-state index in [1.165, 1.54) is 0 Å². The predicted molar refractivity (Wildman–Crippen MR) is 137 cm³/mol. The van der Waals surface area contributed by atoms with E-state index in [-0.39, 0.29) is 17.5 Å². The first-order valence-corrected chi connectivity index (χ1v) is 12.3. The molecule has 3 N–H and O–H groups in total. The van der Waals surface area contributed by atoms with Crippen molar-refractivity contribution >= 4 is 23.3 Å². The molecule has 1 aliphatic heterocycles. The van der Waals surface area contributed by atoms with Gasteiger partial charge in [-0.05, 0) is 36.1 Å². The summed E-state index contributed by atoms with van der Waals surface area (Å²) in [7, 11) is 0. The fourth-order valence-electron chi connectivity index (χ4n) is 4.43. The number of anilines is 1. The Morgan fingerprint density at radius 2 is 2.06 bits per heavy atom. The summed E-state index contributed by atoms with van der Waals surface area (Å²) in [6.07, 6.45) is 3.59. The molecule has 1 fully saturated rings. The highest BCUT2D eigenvalue weighted by atomic mass is 16.5. The van der Waals surface area contributed by atoms with Gasteiger partial charge in [-0.15, -0.1) is 0 Å². The summed E-state index contributed by atoms with van der Waals surface area (Å²) in [5.74, 6) is 2.06. The van der Waals surface area contributed by atoms with Crippen LogP contribution in [-0.4, -0.2) is 55.8 Å². The van der Waals surface area contributed by atoms with Crippen molar-refractivity contribution in [2.45, 2.75) is 58.2 Å². The van der Waals surface area contributed by atoms with Gasteiger partial charge in [0.25, 0.3) is 0 Å². The van der Waals surface area contributed by atoms with Crippen molar-refractivity contribution in [1.82, 2.24) is 35.5 Å². The van der Waals surface area contributed by atoms with Gasteiger partial charge >= 0.3 is 0 Å². The van der Waals surface area contributed by atoms with Gasteiger partial charge in [-0.1, -0.05) is 50.2 Å². The van der Waals surface area contributed by atoms with E-state index in [0.29, 0.717) is 24.8 Å². The second-order valence-corrected chi connectivity index (χ2v) is 10.4. The second-order valence-electron chi connectivity index (χ2n) is 10.4. The highest BCUT2D eigenvalue weighted by Gasteiger charge is 2.24. The van der Waals surface area contributed by atoms with Crippen LogP contribution in [0.15, 0.2) is 41.1 Å². The lowest BCUT2D eigenvalue weighted by molar-refractivity contribution is -0.117. The number of nitrogens with one attached hydrogen (secondary N) is 3. The minimum atomic E-state index is -0.164. The molecule has 10 nitrogen and oxygen atoms in total. The molecule has 1 aliphatic rings. The average Bonchev–Trinajstić information content (AvgIpc) is 3.63. The molecule has 0 radical (unpaired) electrons. The lowest BCUT2D eigenvalue weighted by atomic mass is 9.97. The van der Waals surface area contributed by atoms with Gasteiger partial charge in [-0.2, -0.15) is 10.1 Å². The molecule has 1 aromatic carbocycles. The van der Waals surface area contributed by atoms with Gasteiger partial charge in [-0.3, -0.25) is 9.89 Å². The van der Waals surface area contributed by atoms with E-state index < -0.39 is 0 Å². The third-order valence-electron chi connectivity index (χ3n) is 6.57. The Labute approximate surface area is 209 Å². The molecule has 1 amide bonds. The van der Waals surface area contributed by atoms with Crippen molar-refractivity contribution in [3.05, 3.63) is 53.8 Å². The van der Waals surface area contributed by atoms with E-state index in [0.717, 1.165) is 52.9 Å². The van der Waals surface area contributed by atoms with Crippen LogP contribution in [0.5, 0.6) is 0 Å². The first-order valence-electron chi connectivity index (χ1n) is 12.3. The molecule has 0 saturated carbocycles. The molecular weight excluding hydrogens is 456 g/mol. The third-order valence-corrected chi connectivity index (χ3v) is 6.57. The summed E-state index contributed by atoms with van der Waals surface area (Å²) in [5, 5.41) is 19.5. The van der Waals surface area contributed by atoms with Gasteiger partial charge in [0.1, 0.15) is 0 Å². The van der Waals surface area contributed by atoms with Crippen molar-refractivity contribution in [2.75, 3.05) is 18.4 Å². The number of aromatic amines is 1. The number of aromatic nitrogens is 5. The molecule has 188 valence electrons. The molecule has 2 atom stereocenters. The summed E-state index contributed by atoms with van der Waals surface area (Å²) in [6, 6.07) is 10.8. The Balaban J connectivity index is 1.30. The Morgan fingerprint density at radius 1 is 1.25 bits per heavy atom. The lowest BCUT2D eigenvalue weighted by Crippen LogP contribution is -2.25. The maximum absolute atomic E-state index is 11.1. The van der Waals surface area contributed by atoms with Crippen LogP contribution in [0.2, 0.25) is 0 Å². The Hall–Kier alpha value is -3.79. The van der Waals surface area contributed by atoms with Gasteiger partial charge in [0.2, 0.25) is 12.3 Å². The smallest absolute Gasteiger partial charge is 0.232 e. The average molecular weight is 489 g/mol. The first-order chi connectivity index (χ1) is 17.3. The number of carbonyl (C=O) groups excluding carboxylic acids is 1. The van der Waals surface area contributed by atoms with E-state index >= 15 is 0 Å². The monoisotopic (exact) mass is 488 g/mol. The van der Waals surface area contributed by atoms with Crippen LogP contribution in [-0.2, 0) is 16.8 Å². The van der Waals surface area contributed by atoms with Crippen LogP contribution >= 0.6 is 0 Å². The van der Waals surface area contributed by atoms with Gasteiger partial charge in [-0.25, -0.2) is 4.98 Å². The number of hydrogen-bond donors (Lipinski definition) is 3. The van der Waals surface area contributed by atoms with Crippen LogP contribution in [0, 0.1) is 0 Å². The van der Waals surface area contributed by atoms with Crippen LogP contribution in [0.1, 0.15) is 57.4 Å². The number of hydrogen-bond acceptors (Lipinski definition) is 8. The Bertz CT molecular complexity index is 1340. The maximum Gasteiger partial charge on any atom is 0.232 e. The Morgan fingerprint density at radius 3 is 2.75 bits per heavy atom. The minimum Gasteiger partial charge on any atom is -0.363 e. The summed E-state index contributed by atoms with van der Waals surface area (Å²) >= 11 is 0. The largest absolute Gasteiger partial charge is 0.363 e. The summed E-state index contributed by atoms with van der Waals surface area (Å²) in [4.78, 5) is 21.8. The van der Waals surface area contributed by atoms with E-state index in [4.69, 9.17) is 4.52 Å². The Kier molecular flexibility index (Phi) is 6.44. The zero-order valence-electron chi connectivity index (χ0n) is 21.1. The predicted octanol–water partition coefficient (Wildman–Crippen LogP) is 3.80. The molecule has 0 aliphatic carbocycles. The zero-order chi connectivity index (χ0) is 25.3. The fourth-order valence-corrected chi connectivity index (χ4v) is 4.43. The standard InChI is InChI=1S/C26H32N8O2/c1-16(28-13-21-30-25(36-33-21)26(2,3)4)17-5-7-18(8-6-17)20-9-11-27-23-22(20)24(32-31-23)29-19-10-12-34(14-19)15-35/h5-9,11,15-16,19,28H,10,12-14H2,1-4H3,(H2,27,29,31,32)/t16-,19-/m1/s1. The first kappa shape index (κ1) is 23.9. The molecule has 5 rings (SSSR count). The number of nitrogens with zero attached hydrogens (tertiary/aromatic N) is 5. The van der Waals surface area contributed by atoms with Crippen molar-refractivity contribution in [1.29, 1.82) is 0 Å². The number of pyridine rings is 1. The van der Waals surface area contributed by atoms with E-state index in [2.05, 4.69) is 87.9 Å². The molecule has 0 unspecified atom stereocenters. The number of amides is 1. The molecule has 36 heavy (non-hydrogen) atoms. The summed E-state index contributed by atoms with van der Waals surface area (Å²) < 4.78 is 5.39. The molecule has 0 bridgehead atoms. The summed E-state index contributed by atoms with van der Waals surface area (Å²) in [5.41, 5.74) is 3.86. The lowest BCUT2D eigenvalue weighted by Gasteiger charge is -2.15. The number of likely N-dealkylation sites (tertiary alicyclic amines) is 1. The molecule has 10 heteroatoms. The quantitative estimate of drug-likeness (QED) is 0.320. The van der Waals surface area contributed by atoms with Gasteiger partial charge in [0.05, 0.1) is 11.9 Å². The van der Waals surface area contributed by atoms with Crippen LogP contribution in [0.4, 0.5) is 5.82 Å². The zero-order valence-corrected chi connectivity index (χ0v) is 21.1. The molecule has 4 aromatic rings. The van der Waals surface area contributed by atoms with Crippen molar-refractivity contribution < 1.29 is 9.32 Å². The third kappa shape index (κ3) is 4.94. The van der Waals surface area contributed by atoms with Gasteiger partial charge in [0.15, 0.2) is 17.3 Å². The van der Waals surface area contributed by atoms with E-state index in [9.17, 15) is 4.79 Å². The highest BCUT2D eigenvalue weighted by molar-refractivity contribution is 6.00. The topological polar surface area (TPSA) is 125 Å². The molecular formula is C26H32N8O2. The second kappa shape index (κ2) is 9.69. The van der Waals surface area contributed by atoms with Gasteiger partial charge in [0, 0.05) is 36.8 Å². The van der Waals surface area contributed by atoms with Gasteiger partial charge < -0.3 is 20.1 Å². The number of carbonyl (C=O) groups is 1. The molecule has 3 aromatic heterocycles. The molecule has 4 heterocycles. The van der Waals surface area contributed by atoms with Crippen LogP contribution < -0.4 is 10.6 Å². The van der Waals surface area contributed by atoms with Crippen LogP contribution in [0.25, 0.3) is 22.2 Å². The number of fused-ring (bicyclic) bond motifs is 1. The van der Waals surface area contributed by atoms with Crippen molar-refractivity contribution in [3.8, 4) is 11.1 Å². The van der Waals surface area contributed by atoms with E-state index in [1.807, 2.05) is 6.07 Å². The number of H-pyrrole nitrogens is 1. The minimum absolute atomic E-state index is 0.113. The van der Waals surface area contributed by atoms with E-state index in [1.54, 1.807) is 11.1 Å².